The monoisotopic (exact) mass is 600 g/mol. The summed E-state index contributed by atoms with van der Waals surface area (Å²) in [7, 11) is 0. The number of fused-ring (bicyclic) bond motifs is 5. The fourth-order valence-electron chi connectivity index (χ4n) is 7.45. The average molecular weight is 601 g/mol. The average Bonchev–Trinajstić information content (AvgIpc) is 3.36. The molecule has 0 amide bonds. The zero-order valence-corrected chi connectivity index (χ0v) is 26.4. The molecule has 1 aliphatic carbocycles. The minimum absolute atomic E-state index is 0.0931. The third-order valence-electron chi connectivity index (χ3n) is 9.84. The number of rotatable bonds is 4. The van der Waals surface area contributed by atoms with Crippen LogP contribution in [0.25, 0.3) is 77.7 Å². The van der Waals surface area contributed by atoms with Gasteiger partial charge in [-0.1, -0.05) is 147 Å². The van der Waals surface area contributed by atoms with Gasteiger partial charge in [0.05, 0.1) is 11.4 Å². The molecular formula is C45H32N2. The van der Waals surface area contributed by atoms with Crippen molar-refractivity contribution in [3.63, 3.8) is 0 Å². The second kappa shape index (κ2) is 10.6. The van der Waals surface area contributed by atoms with Crippen molar-refractivity contribution in [2.24, 2.45) is 0 Å². The largest absolute Gasteiger partial charge is 0.228 e. The van der Waals surface area contributed by atoms with E-state index in [9.17, 15) is 0 Å². The van der Waals surface area contributed by atoms with Crippen molar-refractivity contribution in [2.45, 2.75) is 19.3 Å². The number of hydrogen-bond acceptors (Lipinski definition) is 2. The van der Waals surface area contributed by atoms with Gasteiger partial charge in [-0.3, -0.25) is 0 Å². The van der Waals surface area contributed by atoms with Gasteiger partial charge in [0.2, 0.25) is 0 Å². The van der Waals surface area contributed by atoms with Gasteiger partial charge in [0.25, 0.3) is 0 Å². The highest BCUT2D eigenvalue weighted by Gasteiger charge is 2.37. The molecule has 0 bridgehead atoms. The Kier molecular flexibility index (Phi) is 6.20. The van der Waals surface area contributed by atoms with E-state index in [1.54, 1.807) is 0 Å². The van der Waals surface area contributed by atoms with Crippen LogP contribution in [0.15, 0.2) is 158 Å². The number of benzene rings is 7. The van der Waals surface area contributed by atoms with E-state index in [-0.39, 0.29) is 5.41 Å². The molecule has 8 aromatic rings. The Morgan fingerprint density at radius 2 is 1.06 bits per heavy atom. The predicted octanol–water partition coefficient (Wildman–Crippen LogP) is 11.8. The van der Waals surface area contributed by atoms with Crippen LogP contribution >= 0.6 is 0 Å². The molecule has 0 unspecified atom stereocenters. The number of hydrogen-bond donors (Lipinski definition) is 0. The summed E-state index contributed by atoms with van der Waals surface area (Å²) in [5.74, 6) is 0.717. The Morgan fingerprint density at radius 3 is 1.91 bits per heavy atom. The van der Waals surface area contributed by atoms with Gasteiger partial charge >= 0.3 is 0 Å². The first kappa shape index (κ1) is 27.5. The molecule has 0 saturated heterocycles. The molecule has 7 aromatic carbocycles. The Labute approximate surface area is 275 Å². The highest BCUT2D eigenvalue weighted by Crippen LogP contribution is 2.54. The second-order valence-corrected chi connectivity index (χ2v) is 13.0. The lowest BCUT2D eigenvalue weighted by atomic mass is 9.80. The lowest BCUT2D eigenvalue weighted by Crippen LogP contribution is -2.14. The number of aromatic nitrogens is 2. The highest BCUT2D eigenvalue weighted by atomic mass is 14.9. The molecule has 0 saturated carbocycles. The van der Waals surface area contributed by atoms with E-state index < -0.39 is 0 Å². The summed E-state index contributed by atoms with van der Waals surface area (Å²) in [5.41, 5.74) is 12.7. The van der Waals surface area contributed by atoms with Crippen molar-refractivity contribution in [1.29, 1.82) is 0 Å². The summed E-state index contributed by atoms with van der Waals surface area (Å²) < 4.78 is 0. The lowest BCUT2D eigenvalue weighted by Gasteiger charge is -2.23. The predicted molar refractivity (Wildman–Crippen MR) is 196 cm³/mol. The van der Waals surface area contributed by atoms with Gasteiger partial charge in [-0.05, 0) is 79.2 Å². The summed E-state index contributed by atoms with van der Waals surface area (Å²) in [6, 6.07) is 56.5. The molecule has 0 spiro atoms. The molecule has 0 radical (unpaired) electrons. The highest BCUT2D eigenvalue weighted by molar-refractivity contribution is 6.08. The first-order valence-electron chi connectivity index (χ1n) is 16.3. The van der Waals surface area contributed by atoms with Gasteiger partial charge in [-0.25, -0.2) is 9.97 Å². The van der Waals surface area contributed by atoms with E-state index in [4.69, 9.17) is 9.97 Å². The third-order valence-corrected chi connectivity index (χ3v) is 9.84. The van der Waals surface area contributed by atoms with E-state index in [1.165, 1.54) is 54.9 Å². The molecular weight excluding hydrogens is 569 g/mol. The van der Waals surface area contributed by atoms with Crippen molar-refractivity contribution in [2.75, 3.05) is 0 Å². The van der Waals surface area contributed by atoms with Crippen molar-refractivity contribution in [3.05, 3.63) is 169 Å². The third kappa shape index (κ3) is 4.48. The van der Waals surface area contributed by atoms with Crippen LogP contribution in [0.1, 0.15) is 25.0 Å². The molecule has 2 heteroatoms. The summed E-state index contributed by atoms with van der Waals surface area (Å²) in [4.78, 5) is 10.4. The van der Waals surface area contributed by atoms with E-state index in [0.29, 0.717) is 5.82 Å². The SMILES string of the molecule is CC1(C)c2ccccc2-c2c1cc1ccccc1c2-c1cccc(-c2nc(-c3ccccc3)cc(-c3ccc4ccccc4c3)n2)c1. The Hall–Kier alpha value is -5.86. The van der Waals surface area contributed by atoms with Crippen LogP contribution in [0.5, 0.6) is 0 Å². The van der Waals surface area contributed by atoms with E-state index in [1.807, 2.05) is 6.07 Å². The fourth-order valence-corrected chi connectivity index (χ4v) is 7.45. The molecule has 47 heavy (non-hydrogen) atoms. The van der Waals surface area contributed by atoms with Crippen molar-refractivity contribution >= 4 is 21.5 Å². The zero-order chi connectivity index (χ0) is 31.5. The first-order chi connectivity index (χ1) is 23.0. The topological polar surface area (TPSA) is 25.8 Å². The number of nitrogens with zero attached hydrogens (tertiary/aromatic N) is 2. The van der Waals surface area contributed by atoms with Crippen LogP contribution in [0.4, 0.5) is 0 Å². The standard InChI is InChI=1S/C45H32N2/c1-45(2)38-22-11-10-21-37(38)43-39(45)27-32-17-8-9-20-36(32)42(43)34-18-12-19-35(26-34)44-46-40(30-14-4-3-5-15-30)28-41(47-44)33-24-23-29-13-6-7-16-31(29)25-33/h3-28H,1-2H3. The van der Waals surface area contributed by atoms with Crippen LogP contribution in [-0.2, 0) is 5.41 Å². The maximum atomic E-state index is 5.22. The van der Waals surface area contributed by atoms with Gasteiger partial charge in [-0.2, -0.15) is 0 Å². The summed E-state index contributed by atoms with van der Waals surface area (Å²) in [6.07, 6.45) is 0. The van der Waals surface area contributed by atoms with Gasteiger partial charge < -0.3 is 0 Å². The van der Waals surface area contributed by atoms with E-state index >= 15 is 0 Å². The normalized spacial score (nSPS) is 13.1. The van der Waals surface area contributed by atoms with Crippen molar-refractivity contribution in [1.82, 2.24) is 9.97 Å². The fraction of sp³-hybridized carbons (Fsp3) is 0.0667. The molecule has 0 fully saturated rings. The Balaban J connectivity index is 1.27. The van der Waals surface area contributed by atoms with Gasteiger partial charge in [-0.15, -0.1) is 0 Å². The maximum Gasteiger partial charge on any atom is 0.160 e. The summed E-state index contributed by atoms with van der Waals surface area (Å²) in [6.45, 7) is 4.70. The van der Waals surface area contributed by atoms with Crippen LogP contribution in [-0.4, -0.2) is 9.97 Å². The van der Waals surface area contributed by atoms with Crippen LogP contribution < -0.4 is 0 Å². The molecule has 1 heterocycles. The Bertz CT molecular complexity index is 2490. The van der Waals surface area contributed by atoms with Gasteiger partial charge in [0.1, 0.15) is 0 Å². The first-order valence-corrected chi connectivity index (χ1v) is 16.3. The lowest BCUT2D eigenvalue weighted by molar-refractivity contribution is 0.661. The molecule has 1 aromatic heterocycles. The molecule has 1 aliphatic rings. The molecule has 222 valence electrons. The van der Waals surface area contributed by atoms with E-state index in [2.05, 4.69) is 166 Å². The minimum atomic E-state index is -0.0931. The molecule has 0 aliphatic heterocycles. The second-order valence-electron chi connectivity index (χ2n) is 13.0. The Morgan fingerprint density at radius 1 is 0.404 bits per heavy atom. The van der Waals surface area contributed by atoms with Crippen LogP contribution in [0.3, 0.4) is 0 Å². The van der Waals surface area contributed by atoms with E-state index in [0.717, 1.165) is 28.1 Å². The minimum Gasteiger partial charge on any atom is -0.228 e. The van der Waals surface area contributed by atoms with Crippen molar-refractivity contribution in [3.8, 4) is 56.2 Å². The molecule has 0 atom stereocenters. The molecule has 9 rings (SSSR count). The van der Waals surface area contributed by atoms with Crippen LogP contribution in [0.2, 0.25) is 0 Å². The maximum absolute atomic E-state index is 5.22. The van der Waals surface area contributed by atoms with Crippen LogP contribution in [0, 0.1) is 0 Å². The van der Waals surface area contributed by atoms with Crippen molar-refractivity contribution < 1.29 is 0 Å². The smallest absolute Gasteiger partial charge is 0.160 e. The quantitative estimate of drug-likeness (QED) is 0.201. The molecule has 2 nitrogen and oxygen atoms in total. The molecule has 0 N–H and O–H groups in total. The zero-order valence-electron chi connectivity index (χ0n) is 26.4. The van der Waals surface area contributed by atoms with Gasteiger partial charge in [0.15, 0.2) is 5.82 Å². The summed E-state index contributed by atoms with van der Waals surface area (Å²) >= 11 is 0. The van der Waals surface area contributed by atoms with Gasteiger partial charge in [0, 0.05) is 22.1 Å². The summed E-state index contributed by atoms with van der Waals surface area (Å²) in [5, 5.41) is 4.93.